The van der Waals surface area contributed by atoms with Crippen LogP contribution in [-0.4, -0.2) is 56.1 Å². The number of hydrogen-bond donors (Lipinski definition) is 1. The number of amides is 1. The van der Waals surface area contributed by atoms with Crippen LogP contribution in [0.3, 0.4) is 0 Å². The molecule has 0 aliphatic rings. The van der Waals surface area contributed by atoms with Gasteiger partial charge >= 0.3 is 0 Å². The predicted molar refractivity (Wildman–Crippen MR) is 83.3 cm³/mol. The van der Waals surface area contributed by atoms with Crippen LogP contribution in [0.4, 0.5) is 5.69 Å². The zero-order valence-electron chi connectivity index (χ0n) is 13.0. The number of hydrogen-bond acceptors (Lipinski definition) is 4. The first-order chi connectivity index (χ1) is 9.58. The van der Waals surface area contributed by atoms with Gasteiger partial charge in [-0.25, -0.2) is 0 Å². The first-order valence-electron chi connectivity index (χ1n) is 7.22. The van der Waals surface area contributed by atoms with Crippen molar-refractivity contribution in [2.24, 2.45) is 0 Å². The first-order valence-corrected chi connectivity index (χ1v) is 7.22. The lowest BCUT2D eigenvalue weighted by molar-refractivity contribution is 0.0947. The fraction of sp³-hybridized carbons (Fsp3) is 0.600. The molecule has 0 saturated carbocycles. The van der Waals surface area contributed by atoms with Crippen molar-refractivity contribution in [3.8, 4) is 0 Å². The summed E-state index contributed by atoms with van der Waals surface area (Å²) in [5.41, 5.74) is 1.53. The molecule has 0 radical (unpaired) electrons. The van der Waals surface area contributed by atoms with Crippen molar-refractivity contribution in [2.45, 2.75) is 20.3 Å². The van der Waals surface area contributed by atoms with Crippen molar-refractivity contribution in [3.05, 3.63) is 24.0 Å². The molecule has 0 bridgehead atoms. The Hall–Kier alpha value is -1.62. The van der Waals surface area contributed by atoms with Crippen molar-refractivity contribution in [1.29, 1.82) is 0 Å². The van der Waals surface area contributed by atoms with Crippen molar-refractivity contribution >= 4 is 11.6 Å². The van der Waals surface area contributed by atoms with Gasteiger partial charge in [-0.2, -0.15) is 0 Å². The fourth-order valence-corrected chi connectivity index (χ4v) is 2.02. The summed E-state index contributed by atoms with van der Waals surface area (Å²) in [5.74, 6) is -0.0993. The monoisotopic (exact) mass is 278 g/mol. The number of nitrogens with one attached hydrogen (secondary N) is 1. The van der Waals surface area contributed by atoms with Gasteiger partial charge in [0, 0.05) is 31.5 Å². The summed E-state index contributed by atoms with van der Waals surface area (Å²) in [6, 6.07) is 3.80. The van der Waals surface area contributed by atoms with Gasteiger partial charge in [0.05, 0.1) is 0 Å². The molecule has 1 N–H and O–H groups in total. The van der Waals surface area contributed by atoms with Crippen LogP contribution in [-0.2, 0) is 0 Å². The normalized spacial score (nSPS) is 10.7. The van der Waals surface area contributed by atoms with Gasteiger partial charge in [0.1, 0.15) is 5.69 Å². The van der Waals surface area contributed by atoms with E-state index in [2.05, 4.69) is 33.9 Å². The molecule has 0 atom stereocenters. The highest BCUT2D eigenvalue weighted by Gasteiger charge is 2.09. The van der Waals surface area contributed by atoms with E-state index in [-0.39, 0.29) is 5.91 Å². The van der Waals surface area contributed by atoms with Crippen LogP contribution in [0.25, 0.3) is 0 Å². The predicted octanol–water partition coefficient (Wildman–Crippen LogP) is 1.61. The number of nitrogens with zero attached hydrogens (tertiary/aromatic N) is 3. The Kier molecular flexibility index (Phi) is 7.01. The van der Waals surface area contributed by atoms with E-state index in [0.29, 0.717) is 12.2 Å². The van der Waals surface area contributed by atoms with Crippen LogP contribution in [0.15, 0.2) is 18.3 Å². The summed E-state index contributed by atoms with van der Waals surface area (Å²) in [6.07, 6.45) is 2.64. The topological polar surface area (TPSA) is 48.5 Å². The minimum Gasteiger partial charge on any atom is -0.372 e. The molecule has 1 aromatic rings. The molecule has 0 unspecified atom stereocenters. The quantitative estimate of drug-likeness (QED) is 0.734. The van der Waals surface area contributed by atoms with Gasteiger partial charge in [0.25, 0.3) is 5.91 Å². The lowest BCUT2D eigenvalue weighted by Gasteiger charge is -2.21. The lowest BCUT2D eigenvalue weighted by atomic mass is 10.2. The van der Waals surface area contributed by atoms with E-state index in [9.17, 15) is 4.79 Å². The van der Waals surface area contributed by atoms with Crippen molar-refractivity contribution in [1.82, 2.24) is 15.2 Å². The number of pyridine rings is 1. The van der Waals surface area contributed by atoms with E-state index >= 15 is 0 Å². The van der Waals surface area contributed by atoms with Gasteiger partial charge in [0.15, 0.2) is 0 Å². The van der Waals surface area contributed by atoms with E-state index < -0.39 is 0 Å². The van der Waals surface area contributed by atoms with Crippen LogP contribution in [0.2, 0.25) is 0 Å². The molecule has 1 amide bonds. The standard InChI is InChI=1S/C15H26N4O/c1-5-19(6-2)13-8-10-16-14(12-13)15(20)17-9-7-11-18(3)4/h8,10,12H,5-7,9,11H2,1-4H3,(H,17,20). The highest BCUT2D eigenvalue weighted by Crippen LogP contribution is 2.13. The van der Waals surface area contributed by atoms with Crippen molar-refractivity contribution < 1.29 is 4.79 Å². The Bertz CT molecular complexity index is 416. The van der Waals surface area contributed by atoms with Gasteiger partial charge in [0.2, 0.25) is 0 Å². The van der Waals surface area contributed by atoms with E-state index in [4.69, 9.17) is 0 Å². The van der Waals surface area contributed by atoms with Crippen LogP contribution in [0.1, 0.15) is 30.8 Å². The van der Waals surface area contributed by atoms with Crippen molar-refractivity contribution in [2.75, 3.05) is 45.2 Å². The fourth-order valence-electron chi connectivity index (χ4n) is 2.02. The minimum atomic E-state index is -0.0993. The number of anilines is 1. The third kappa shape index (κ3) is 5.17. The van der Waals surface area contributed by atoms with Gasteiger partial charge in [-0.3, -0.25) is 9.78 Å². The van der Waals surface area contributed by atoms with Gasteiger partial charge in [-0.1, -0.05) is 0 Å². The second kappa shape index (κ2) is 8.53. The Balaban J connectivity index is 2.58. The SMILES string of the molecule is CCN(CC)c1ccnc(C(=O)NCCCN(C)C)c1. The molecular weight excluding hydrogens is 252 g/mol. The Morgan fingerprint density at radius 1 is 1.30 bits per heavy atom. The molecular formula is C15H26N4O. The third-order valence-electron chi connectivity index (χ3n) is 3.17. The average Bonchev–Trinajstić information content (AvgIpc) is 2.45. The molecule has 0 aliphatic carbocycles. The van der Waals surface area contributed by atoms with Crippen LogP contribution in [0, 0.1) is 0 Å². The van der Waals surface area contributed by atoms with Crippen LogP contribution < -0.4 is 10.2 Å². The molecule has 0 spiro atoms. The summed E-state index contributed by atoms with van der Waals surface area (Å²) < 4.78 is 0. The number of rotatable bonds is 8. The first kappa shape index (κ1) is 16.4. The average molecular weight is 278 g/mol. The van der Waals surface area contributed by atoms with Crippen LogP contribution in [0.5, 0.6) is 0 Å². The molecule has 0 aliphatic heterocycles. The number of carbonyl (C=O) groups excluding carboxylic acids is 1. The largest absolute Gasteiger partial charge is 0.372 e. The molecule has 20 heavy (non-hydrogen) atoms. The van der Waals surface area contributed by atoms with Gasteiger partial charge in [-0.15, -0.1) is 0 Å². The highest BCUT2D eigenvalue weighted by atomic mass is 16.1. The summed E-state index contributed by atoms with van der Waals surface area (Å²) in [7, 11) is 4.05. The third-order valence-corrected chi connectivity index (χ3v) is 3.17. The van der Waals surface area contributed by atoms with E-state index in [1.165, 1.54) is 0 Å². The van der Waals surface area contributed by atoms with E-state index in [0.717, 1.165) is 31.7 Å². The molecule has 0 fully saturated rings. The molecule has 1 heterocycles. The number of aromatic nitrogens is 1. The molecule has 1 rings (SSSR count). The lowest BCUT2D eigenvalue weighted by Crippen LogP contribution is -2.28. The molecule has 112 valence electrons. The van der Waals surface area contributed by atoms with E-state index in [1.807, 2.05) is 26.2 Å². The molecule has 0 aromatic carbocycles. The van der Waals surface area contributed by atoms with E-state index in [1.54, 1.807) is 6.20 Å². The minimum absolute atomic E-state index is 0.0993. The molecule has 5 nitrogen and oxygen atoms in total. The highest BCUT2D eigenvalue weighted by molar-refractivity contribution is 5.93. The smallest absolute Gasteiger partial charge is 0.269 e. The Morgan fingerprint density at radius 3 is 2.60 bits per heavy atom. The zero-order chi connectivity index (χ0) is 15.0. The second-order valence-corrected chi connectivity index (χ2v) is 4.98. The molecule has 0 saturated heterocycles. The van der Waals surface area contributed by atoms with Crippen molar-refractivity contribution in [3.63, 3.8) is 0 Å². The summed E-state index contributed by atoms with van der Waals surface area (Å²) in [4.78, 5) is 20.5. The van der Waals surface area contributed by atoms with Gasteiger partial charge < -0.3 is 15.1 Å². The molecule has 5 heteroatoms. The summed E-state index contributed by atoms with van der Waals surface area (Å²) in [6.45, 7) is 7.69. The zero-order valence-corrected chi connectivity index (χ0v) is 13.0. The Morgan fingerprint density at radius 2 is 2.00 bits per heavy atom. The summed E-state index contributed by atoms with van der Waals surface area (Å²) >= 11 is 0. The van der Waals surface area contributed by atoms with Crippen LogP contribution >= 0.6 is 0 Å². The Labute approximate surface area is 122 Å². The molecule has 1 aromatic heterocycles. The summed E-state index contributed by atoms with van der Waals surface area (Å²) in [5, 5.41) is 2.91. The maximum atomic E-state index is 12.0. The van der Waals surface area contributed by atoms with Gasteiger partial charge in [-0.05, 0) is 53.0 Å². The maximum Gasteiger partial charge on any atom is 0.269 e. The number of carbonyl (C=O) groups is 1. The maximum absolute atomic E-state index is 12.0. The second-order valence-electron chi connectivity index (χ2n) is 4.98.